The number of nitrogens with two attached hydrogens (primary N) is 1. The number of carboxylic acids is 2. The molecule has 0 radical (unpaired) electrons. The van der Waals surface area contributed by atoms with E-state index in [2.05, 4.69) is 15.4 Å². The smallest absolute Gasteiger partial charge is 0.414 e. The first-order valence-corrected chi connectivity index (χ1v) is 2.98. The lowest BCUT2D eigenvalue weighted by molar-refractivity contribution is -0.159. The molecule has 0 atom stereocenters. The summed E-state index contributed by atoms with van der Waals surface area (Å²) in [6, 6.07) is 0. The second kappa shape index (κ2) is 17.3. The zero-order valence-corrected chi connectivity index (χ0v) is 7.71. The van der Waals surface area contributed by atoms with E-state index in [1.807, 2.05) is 0 Å². The van der Waals surface area contributed by atoms with Crippen molar-refractivity contribution in [3.05, 3.63) is 12.5 Å². The fourth-order valence-electron chi connectivity index (χ4n) is 0.111. The standard InChI is InChI=1S/C4H8O2.C2H2O4.H3NO/c1-5-3-4-6-2;3-1(4)2(5)6;1-2/h3-4H,1-2H3;(H,3,4)(H,5,6);2H,1H2. The summed E-state index contributed by atoms with van der Waals surface area (Å²) in [5.74, 6) is -0.148. The molecule has 0 heterocycles. The van der Waals surface area contributed by atoms with E-state index < -0.39 is 11.9 Å². The highest BCUT2D eigenvalue weighted by atomic mass is 16.5. The van der Waals surface area contributed by atoms with E-state index >= 15 is 0 Å². The van der Waals surface area contributed by atoms with Crippen LogP contribution in [-0.2, 0) is 19.1 Å². The van der Waals surface area contributed by atoms with E-state index in [-0.39, 0.29) is 0 Å². The number of ether oxygens (including phenoxy) is 2. The molecule has 0 amide bonds. The van der Waals surface area contributed by atoms with E-state index in [1.165, 1.54) is 12.5 Å². The molecule has 0 unspecified atom stereocenters. The summed E-state index contributed by atoms with van der Waals surface area (Å²) in [7, 11) is 3.13. The summed E-state index contributed by atoms with van der Waals surface area (Å²) >= 11 is 0. The minimum absolute atomic E-state index is 1.46. The van der Waals surface area contributed by atoms with Gasteiger partial charge in [-0.25, -0.2) is 15.5 Å². The lowest BCUT2D eigenvalue weighted by Crippen LogP contribution is -2.09. The molecule has 8 heteroatoms. The van der Waals surface area contributed by atoms with Gasteiger partial charge in [0.2, 0.25) is 0 Å². The van der Waals surface area contributed by atoms with Gasteiger partial charge >= 0.3 is 11.9 Å². The van der Waals surface area contributed by atoms with Crippen molar-refractivity contribution in [1.82, 2.24) is 0 Å². The molecule has 0 saturated carbocycles. The van der Waals surface area contributed by atoms with E-state index in [9.17, 15) is 0 Å². The first-order chi connectivity index (χ1) is 6.56. The highest BCUT2D eigenvalue weighted by Crippen LogP contribution is 1.68. The molecule has 14 heavy (non-hydrogen) atoms. The van der Waals surface area contributed by atoms with Crippen LogP contribution >= 0.6 is 0 Å². The zero-order chi connectivity index (χ0) is 12.0. The van der Waals surface area contributed by atoms with Gasteiger partial charge < -0.3 is 24.9 Å². The lowest BCUT2D eigenvalue weighted by Gasteiger charge is -1.83. The van der Waals surface area contributed by atoms with Gasteiger partial charge in [-0.3, -0.25) is 0 Å². The van der Waals surface area contributed by atoms with E-state index in [0.29, 0.717) is 0 Å². The minimum atomic E-state index is -1.82. The van der Waals surface area contributed by atoms with Crippen LogP contribution in [0.2, 0.25) is 0 Å². The monoisotopic (exact) mass is 211 g/mol. The van der Waals surface area contributed by atoms with Gasteiger partial charge in [0.25, 0.3) is 0 Å². The summed E-state index contributed by atoms with van der Waals surface area (Å²) in [5, 5.41) is 21.3. The van der Waals surface area contributed by atoms with Crippen LogP contribution in [0.25, 0.3) is 0 Å². The molecule has 0 aliphatic heterocycles. The normalized spacial score (nSPS) is 7.43. The van der Waals surface area contributed by atoms with Crippen LogP contribution in [0.15, 0.2) is 12.5 Å². The molecule has 0 bridgehead atoms. The molecule has 0 aromatic heterocycles. The van der Waals surface area contributed by atoms with Crippen molar-refractivity contribution in [1.29, 1.82) is 0 Å². The Bertz CT molecular complexity index is 150. The molecule has 84 valence electrons. The fourth-order valence-corrected chi connectivity index (χ4v) is 0.111. The molecular formula is C6H13NO7. The number of carboxylic acid groups (broad SMARTS) is 2. The van der Waals surface area contributed by atoms with Gasteiger partial charge in [0.15, 0.2) is 0 Å². The zero-order valence-electron chi connectivity index (χ0n) is 7.71. The molecular weight excluding hydrogens is 198 g/mol. The largest absolute Gasteiger partial charge is 0.501 e. The number of rotatable bonds is 2. The summed E-state index contributed by atoms with van der Waals surface area (Å²) in [6.07, 6.45) is 2.92. The second-order valence-corrected chi connectivity index (χ2v) is 1.35. The Hall–Kier alpha value is -1.80. The van der Waals surface area contributed by atoms with E-state index in [1.54, 1.807) is 14.2 Å². The van der Waals surface area contributed by atoms with Gasteiger partial charge in [0.1, 0.15) is 12.5 Å². The SMILES string of the molecule is COC=COC.NO.O=C(O)C(=O)O. The fraction of sp³-hybridized carbons (Fsp3) is 0.333. The third-order valence-electron chi connectivity index (χ3n) is 0.511. The van der Waals surface area contributed by atoms with Crippen LogP contribution in [0.3, 0.4) is 0 Å². The van der Waals surface area contributed by atoms with Crippen LogP contribution in [-0.4, -0.2) is 41.6 Å². The van der Waals surface area contributed by atoms with Gasteiger partial charge in [-0.15, -0.1) is 0 Å². The van der Waals surface area contributed by atoms with Crippen molar-refractivity contribution in [2.45, 2.75) is 0 Å². The summed E-state index contributed by atoms with van der Waals surface area (Å²) in [5.41, 5.74) is 0. The maximum atomic E-state index is 9.10. The number of methoxy groups -OCH3 is 2. The third kappa shape index (κ3) is 31.9. The van der Waals surface area contributed by atoms with Gasteiger partial charge in [0.05, 0.1) is 14.2 Å². The van der Waals surface area contributed by atoms with Crippen LogP contribution < -0.4 is 5.90 Å². The summed E-state index contributed by atoms with van der Waals surface area (Å²) in [4.78, 5) is 18.2. The molecule has 0 spiro atoms. The number of aliphatic carboxylic acids is 2. The van der Waals surface area contributed by atoms with Crippen molar-refractivity contribution >= 4 is 11.9 Å². The Morgan fingerprint density at radius 2 is 1.21 bits per heavy atom. The quantitative estimate of drug-likeness (QED) is 0.265. The highest BCUT2D eigenvalue weighted by molar-refractivity contribution is 6.27. The maximum absolute atomic E-state index is 9.10. The van der Waals surface area contributed by atoms with E-state index in [0.717, 1.165) is 0 Å². The molecule has 0 fully saturated rings. The Morgan fingerprint density at radius 3 is 1.29 bits per heavy atom. The highest BCUT2D eigenvalue weighted by Gasteiger charge is 2.04. The number of hydrogen-bond donors (Lipinski definition) is 4. The number of carbonyl (C=O) groups is 2. The molecule has 0 aromatic rings. The van der Waals surface area contributed by atoms with Crippen molar-refractivity contribution in [2.24, 2.45) is 5.90 Å². The number of hydrogen-bond acceptors (Lipinski definition) is 6. The average Bonchev–Trinajstić information content (AvgIpc) is 2.18. The lowest BCUT2D eigenvalue weighted by atomic mass is 10.7. The molecule has 0 aliphatic rings. The predicted octanol–water partition coefficient (Wildman–Crippen LogP) is -0.760. The topological polar surface area (TPSA) is 139 Å². The van der Waals surface area contributed by atoms with Crippen molar-refractivity contribution < 1.29 is 34.5 Å². The third-order valence-corrected chi connectivity index (χ3v) is 0.511. The average molecular weight is 211 g/mol. The van der Waals surface area contributed by atoms with E-state index in [4.69, 9.17) is 25.0 Å². The molecule has 8 nitrogen and oxygen atoms in total. The summed E-state index contributed by atoms with van der Waals surface area (Å²) in [6.45, 7) is 0. The van der Waals surface area contributed by atoms with Crippen molar-refractivity contribution in [3.63, 3.8) is 0 Å². The molecule has 0 aliphatic carbocycles. The second-order valence-electron chi connectivity index (χ2n) is 1.35. The summed E-state index contributed by atoms with van der Waals surface area (Å²) < 4.78 is 8.95. The van der Waals surface area contributed by atoms with Crippen LogP contribution in [0.5, 0.6) is 0 Å². The molecule has 0 saturated heterocycles. The van der Waals surface area contributed by atoms with Gasteiger partial charge in [0, 0.05) is 0 Å². The Labute approximate surface area is 80.1 Å². The first-order valence-electron chi connectivity index (χ1n) is 2.98. The molecule has 0 aromatic carbocycles. The Balaban J connectivity index is -0.000000147. The van der Waals surface area contributed by atoms with Crippen molar-refractivity contribution in [2.75, 3.05) is 14.2 Å². The Kier molecular flexibility index (Phi) is 22.4. The maximum Gasteiger partial charge on any atom is 0.414 e. The minimum Gasteiger partial charge on any atom is -0.501 e. The Morgan fingerprint density at radius 1 is 1.00 bits per heavy atom. The first kappa shape index (κ1) is 18.1. The van der Waals surface area contributed by atoms with Crippen LogP contribution in [0.1, 0.15) is 0 Å². The van der Waals surface area contributed by atoms with Crippen LogP contribution in [0.4, 0.5) is 0 Å². The predicted molar refractivity (Wildman–Crippen MR) is 44.4 cm³/mol. The van der Waals surface area contributed by atoms with Gasteiger partial charge in [-0.1, -0.05) is 0 Å². The van der Waals surface area contributed by atoms with Crippen molar-refractivity contribution in [3.8, 4) is 0 Å². The molecule has 0 rings (SSSR count). The molecule has 5 N–H and O–H groups in total. The van der Waals surface area contributed by atoms with Gasteiger partial charge in [-0.05, 0) is 0 Å². The van der Waals surface area contributed by atoms with Gasteiger partial charge in [-0.2, -0.15) is 0 Å². The van der Waals surface area contributed by atoms with Crippen LogP contribution in [0, 0.1) is 0 Å².